The highest BCUT2D eigenvalue weighted by molar-refractivity contribution is 5.92. The van der Waals surface area contributed by atoms with Crippen molar-refractivity contribution in [2.24, 2.45) is 17.8 Å². The van der Waals surface area contributed by atoms with Gasteiger partial charge in [-0.1, -0.05) is 18.2 Å². The zero-order valence-electron chi connectivity index (χ0n) is 12.3. The Kier molecular flexibility index (Phi) is 3.90. The van der Waals surface area contributed by atoms with Crippen LogP contribution in [-0.4, -0.2) is 15.7 Å². The molecule has 1 aromatic carbocycles. The molecule has 0 amide bonds. The highest BCUT2D eigenvalue weighted by Gasteiger charge is 2.18. The van der Waals surface area contributed by atoms with Crippen molar-refractivity contribution in [2.75, 3.05) is 5.32 Å². The molecule has 1 aliphatic rings. The van der Waals surface area contributed by atoms with Gasteiger partial charge in [0, 0.05) is 12.7 Å². The van der Waals surface area contributed by atoms with Gasteiger partial charge >= 0.3 is 0 Å². The summed E-state index contributed by atoms with van der Waals surface area (Å²) < 4.78 is 1.95. The molecule has 2 aromatic rings. The average molecular weight is 283 g/mol. The van der Waals surface area contributed by atoms with Crippen LogP contribution in [0.4, 0.5) is 5.69 Å². The first-order valence-corrected chi connectivity index (χ1v) is 7.39. The lowest BCUT2D eigenvalue weighted by Crippen LogP contribution is -2.22. The summed E-state index contributed by atoms with van der Waals surface area (Å²) in [5, 5.41) is 7.70. The molecule has 0 bridgehead atoms. The molecule has 0 aliphatic heterocycles. The monoisotopic (exact) mass is 283 g/mol. The molecule has 0 fully saturated rings. The third kappa shape index (κ3) is 3.07. The Bertz CT molecular complexity index is 642. The number of aliphatic imine (C=N–C) groups is 1. The number of nitrogens with one attached hydrogen (secondary N) is 1. The number of guanidine groups is 1. The number of aromatic nitrogens is 2. The van der Waals surface area contributed by atoms with E-state index in [1.165, 1.54) is 29.8 Å². The average Bonchev–Trinajstić information content (AvgIpc) is 2.81. The van der Waals surface area contributed by atoms with Gasteiger partial charge in [-0.3, -0.25) is 4.68 Å². The number of benzene rings is 1. The molecular formula is C16H21N5. The topological polar surface area (TPSA) is 68.2 Å². The fourth-order valence-corrected chi connectivity index (χ4v) is 2.81. The normalized spacial score (nSPS) is 14.8. The molecule has 0 unspecified atom stereocenters. The van der Waals surface area contributed by atoms with Gasteiger partial charge < -0.3 is 11.1 Å². The van der Waals surface area contributed by atoms with Crippen LogP contribution in [-0.2, 0) is 26.4 Å². The van der Waals surface area contributed by atoms with Crippen molar-refractivity contribution in [2.45, 2.75) is 32.2 Å². The molecule has 5 heteroatoms. The van der Waals surface area contributed by atoms with Gasteiger partial charge in [0.25, 0.3) is 0 Å². The van der Waals surface area contributed by atoms with E-state index in [2.05, 4.69) is 15.4 Å². The molecule has 1 aromatic heterocycles. The summed E-state index contributed by atoms with van der Waals surface area (Å²) in [6, 6.07) is 9.84. The summed E-state index contributed by atoms with van der Waals surface area (Å²) in [6.07, 6.45) is 4.68. The Morgan fingerprint density at radius 3 is 2.86 bits per heavy atom. The number of nitrogens with zero attached hydrogens (tertiary/aromatic N) is 3. The van der Waals surface area contributed by atoms with Gasteiger partial charge in [0.15, 0.2) is 5.96 Å². The van der Waals surface area contributed by atoms with E-state index in [1.807, 2.05) is 42.1 Å². The molecule has 110 valence electrons. The fourth-order valence-electron chi connectivity index (χ4n) is 2.81. The van der Waals surface area contributed by atoms with Gasteiger partial charge in [0.05, 0.1) is 17.9 Å². The SMILES string of the molecule is Cn1nc2c(c1CN=C(N)Nc1ccccc1)CCCC2. The van der Waals surface area contributed by atoms with Gasteiger partial charge in [-0.2, -0.15) is 5.10 Å². The van der Waals surface area contributed by atoms with Crippen LogP contribution in [0.25, 0.3) is 0 Å². The molecule has 3 rings (SSSR count). The van der Waals surface area contributed by atoms with Crippen LogP contribution in [0.15, 0.2) is 35.3 Å². The van der Waals surface area contributed by atoms with Crippen molar-refractivity contribution in [1.82, 2.24) is 9.78 Å². The van der Waals surface area contributed by atoms with E-state index in [9.17, 15) is 0 Å². The number of rotatable bonds is 3. The van der Waals surface area contributed by atoms with E-state index in [0.717, 1.165) is 18.5 Å². The van der Waals surface area contributed by atoms with E-state index in [-0.39, 0.29) is 0 Å². The van der Waals surface area contributed by atoms with E-state index in [1.54, 1.807) is 0 Å². The molecule has 0 atom stereocenters. The van der Waals surface area contributed by atoms with Crippen LogP contribution in [0.5, 0.6) is 0 Å². The van der Waals surface area contributed by atoms with Crippen LogP contribution >= 0.6 is 0 Å². The maximum Gasteiger partial charge on any atom is 0.193 e. The lowest BCUT2D eigenvalue weighted by Gasteiger charge is -2.10. The number of hydrogen-bond acceptors (Lipinski definition) is 2. The van der Waals surface area contributed by atoms with E-state index in [4.69, 9.17) is 5.73 Å². The molecule has 0 spiro atoms. The van der Waals surface area contributed by atoms with Crippen LogP contribution in [0, 0.1) is 0 Å². The number of nitrogens with two attached hydrogens (primary N) is 1. The number of anilines is 1. The summed E-state index contributed by atoms with van der Waals surface area (Å²) in [5.41, 5.74) is 10.7. The summed E-state index contributed by atoms with van der Waals surface area (Å²) in [6.45, 7) is 0.574. The Morgan fingerprint density at radius 2 is 2.05 bits per heavy atom. The number of hydrogen-bond donors (Lipinski definition) is 2. The molecule has 1 aliphatic carbocycles. The first-order valence-electron chi connectivity index (χ1n) is 7.39. The van der Waals surface area contributed by atoms with Crippen molar-refractivity contribution in [3.8, 4) is 0 Å². The molecule has 0 saturated heterocycles. The van der Waals surface area contributed by atoms with Crippen molar-refractivity contribution in [3.63, 3.8) is 0 Å². The van der Waals surface area contributed by atoms with Crippen LogP contribution < -0.4 is 11.1 Å². The third-order valence-electron chi connectivity index (χ3n) is 3.89. The minimum Gasteiger partial charge on any atom is -0.370 e. The first-order chi connectivity index (χ1) is 10.2. The Labute approximate surface area is 124 Å². The van der Waals surface area contributed by atoms with Gasteiger partial charge in [0.1, 0.15) is 0 Å². The van der Waals surface area contributed by atoms with Crippen molar-refractivity contribution in [3.05, 3.63) is 47.3 Å². The quantitative estimate of drug-likeness (QED) is 0.670. The second-order valence-corrected chi connectivity index (χ2v) is 5.40. The van der Waals surface area contributed by atoms with Crippen LogP contribution in [0.3, 0.4) is 0 Å². The van der Waals surface area contributed by atoms with Gasteiger partial charge in [-0.15, -0.1) is 0 Å². The summed E-state index contributed by atoms with van der Waals surface area (Å²) in [4.78, 5) is 4.45. The maximum atomic E-state index is 5.96. The van der Waals surface area contributed by atoms with E-state index < -0.39 is 0 Å². The predicted octanol–water partition coefficient (Wildman–Crippen LogP) is 2.23. The van der Waals surface area contributed by atoms with Gasteiger partial charge in [0.2, 0.25) is 0 Å². The second kappa shape index (κ2) is 5.99. The zero-order valence-corrected chi connectivity index (χ0v) is 12.3. The largest absolute Gasteiger partial charge is 0.370 e. The van der Waals surface area contributed by atoms with Crippen LogP contribution in [0.1, 0.15) is 29.8 Å². The standard InChI is InChI=1S/C16H21N5/c1-21-15(13-9-5-6-10-14(13)20-21)11-18-16(17)19-12-7-3-2-4-8-12/h2-4,7-8H,5-6,9-11H2,1H3,(H3,17,18,19). The van der Waals surface area contributed by atoms with Gasteiger partial charge in [-0.05, 0) is 43.4 Å². The zero-order chi connectivity index (χ0) is 14.7. The Hall–Kier alpha value is -2.30. The Morgan fingerprint density at radius 1 is 1.29 bits per heavy atom. The minimum absolute atomic E-state index is 0.437. The molecular weight excluding hydrogens is 262 g/mol. The number of fused-ring (bicyclic) bond motifs is 1. The molecule has 3 N–H and O–H groups in total. The number of para-hydroxylation sites is 1. The highest BCUT2D eigenvalue weighted by Crippen LogP contribution is 2.24. The molecule has 5 nitrogen and oxygen atoms in total. The molecule has 1 heterocycles. The van der Waals surface area contributed by atoms with E-state index >= 15 is 0 Å². The molecule has 21 heavy (non-hydrogen) atoms. The third-order valence-corrected chi connectivity index (χ3v) is 3.89. The molecule has 0 radical (unpaired) electrons. The van der Waals surface area contributed by atoms with Crippen molar-refractivity contribution >= 4 is 11.6 Å². The smallest absolute Gasteiger partial charge is 0.193 e. The van der Waals surface area contributed by atoms with Crippen LogP contribution in [0.2, 0.25) is 0 Å². The first kappa shape index (κ1) is 13.7. The van der Waals surface area contributed by atoms with Crippen molar-refractivity contribution < 1.29 is 0 Å². The number of aryl methyl sites for hydroxylation is 2. The fraction of sp³-hybridized carbons (Fsp3) is 0.375. The maximum absolute atomic E-state index is 5.96. The minimum atomic E-state index is 0.437. The van der Waals surface area contributed by atoms with Crippen molar-refractivity contribution in [1.29, 1.82) is 0 Å². The Balaban J connectivity index is 1.72. The lowest BCUT2D eigenvalue weighted by molar-refractivity contribution is 0.663. The van der Waals surface area contributed by atoms with E-state index in [0.29, 0.717) is 12.5 Å². The predicted molar refractivity (Wildman–Crippen MR) is 85.2 cm³/mol. The lowest BCUT2D eigenvalue weighted by atomic mass is 9.96. The highest BCUT2D eigenvalue weighted by atomic mass is 15.3. The second-order valence-electron chi connectivity index (χ2n) is 5.40. The summed E-state index contributed by atoms with van der Waals surface area (Å²) in [5.74, 6) is 0.437. The van der Waals surface area contributed by atoms with Gasteiger partial charge in [-0.25, -0.2) is 4.99 Å². The molecule has 0 saturated carbocycles. The summed E-state index contributed by atoms with van der Waals surface area (Å²) in [7, 11) is 1.99. The summed E-state index contributed by atoms with van der Waals surface area (Å²) >= 11 is 0.